The summed E-state index contributed by atoms with van der Waals surface area (Å²) in [5, 5.41) is 0. The first-order valence-electron chi connectivity index (χ1n) is 11.1. The molecule has 0 aromatic heterocycles. The van der Waals surface area contributed by atoms with Crippen molar-refractivity contribution in [3.8, 4) is 0 Å². The van der Waals surface area contributed by atoms with Crippen LogP contribution in [0, 0.1) is 17.8 Å². The molecule has 0 amide bonds. The molecule has 2 saturated carbocycles. The summed E-state index contributed by atoms with van der Waals surface area (Å²) in [5.74, 6) is 3.00. The van der Waals surface area contributed by atoms with Gasteiger partial charge < -0.3 is 4.74 Å². The summed E-state index contributed by atoms with van der Waals surface area (Å²) >= 11 is 0. The van der Waals surface area contributed by atoms with Gasteiger partial charge in [-0.25, -0.2) is 0 Å². The predicted molar refractivity (Wildman–Crippen MR) is 105 cm³/mol. The lowest BCUT2D eigenvalue weighted by atomic mass is 9.70. The fourth-order valence-electron chi connectivity index (χ4n) is 4.92. The largest absolute Gasteiger partial charge is 0.498 e. The first kappa shape index (κ1) is 19.9. The van der Waals surface area contributed by atoms with Crippen LogP contribution in [0.5, 0.6) is 0 Å². The van der Waals surface area contributed by atoms with Crippen molar-refractivity contribution in [3.63, 3.8) is 0 Å². The molecule has 0 spiro atoms. The van der Waals surface area contributed by atoms with Crippen LogP contribution in [0.25, 0.3) is 0 Å². The van der Waals surface area contributed by atoms with Crippen LogP contribution >= 0.6 is 0 Å². The third-order valence-electron chi connectivity index (χ3n) is 6.53. The standard InChI is InChI=1S/C23H42O/c1-3-5-7-9-18-24-23-13-10-12-22(19-23)21-16-14-20(15-17-21)11-8-6-4-2/h9,18,20-23H,3-8,10-17,19H2,1-2H3/t20-,21-,22-,23-/m1/s1. The SMILES string of the molecule is CCCCC=CO[C@@H]1CCC[C@@H]([C@H]2CC[C@H](CCCCC)CC2)C1. The highest BCUT2D eigenvalue weighted by atomic mass is 16.5. The van der Waals surface area contributed by atoms with Crippen molar-refractivity contribution in [3.05, 3.63) is 12.3 Å². The maximum atomic E-state index is 6.06. The van der Waals surface area contributed by atoms with Gasteiger partial charge in [0.2, 0.25) is 0 Å². The van der Waals surface area contributed by atoms with Crippen LogP contribution in [0.1, 0.15) is 110 Å². The highest BCUT2D eigenvalue weighted by Gasteiger charge is 2.31. The van der Waals surface area contributed by atoms with Gasteiger partial charge in [-0.3, -0.25) is 0 Å². The average Bonchev–Trinajstić information content (AvgIpc) is 2.63. The summed E-state index contributed by atoms with van der Waals surface area (Å²) in [5.41, 5.74) is 0. The molecule has 0 radical (unpaired) electrons. The molecule has 1 nitrogen and oxygen atoms in total. The summed E-state index contributed by atoms with van der Waals surface area (Å²) < 4.78 is 6.06. The second kappa shape index (κ2) is 12.0. The van der Waals surface area contributed by atoms with Crippen molar-refractivity contribution in [2.75, 3.05) is 0 Å². The van der Waals surface area contributed by atoms with E-state index in [2.05, 4.69) is 19.9 Å². The van der Waals surface area contributed by atoms with Gasteiger partial charge in [0, 0.05) is 0 Å². The lowest BCUT2D eigenvalue weighted by Gasteiger charge is -2.38. The van der Waals surface area contributed by atoms with Crippen molar-refractivity contribution in [1.82, 2.24) is 0 Å². The van der Waals surface area contributed by atoms with Crippen LogP contribution in [0.3, 0.4) is 0 Å². The molecule has 0 heterocycles. The minimum Gasteiger partial charge on any atom is -0.498 e. The van der Waals surface area contributed by atoms with Gasteiger partial charge in [0.05, 0.1) is 12.4 Å². The molecule has 0 aromatic rings. The van der Waals surface area contributed by atoms with Gasteiger partial charge in [0.15, 0.2) is 0 Å². The summed E-state index contributed by atoms with van der Waals surface area (Å²) in [7, 11) is 0. The number of hydrogen-bond donors (Lipinski definition) is 0. The second-order valence-corrected chi connectivity index (χ2v) is 8.48. The second-order valence-electron chi connectivity index (χ2n) is 8.48. The molecule has 2 rings (SSSR count). The van der Waals surface area contributed by atoms with Gasteiger partial charge in [-0.05, 0) is 75.2 Å². The van der Waals surface area contributed by atoms with Gasteiger partial charge in [-0.1, -0.05) is 58.8 Å². The molecule has 0 saturated heterocycles. The van der Waals surface area contributed by atoms with E-state index in [1.54, 1.807) is 0 Å². The average molecular weight is 335 g/mol. The maximum absolute atomic E-state index is 6.06. The minimum absolute atomic E-state index is 0.504. The Morgan fingerprint density at radius 3 is 2.38 bits per heavy atom. The Hall–Kier alpha value is -0.460. The number of hydrogen-bond acceptors (Lipinski definition) is 1. The molecule has 140 valence electrons. The summed E-state index contributed by atoms with van der Waals surface area (Å²) in [6.45, 7) is 4.57. The Morgan fingerprint density at radius 2 is 1.62 bits per heavy atom. The Morgan fingerprint density at radius 1 is 0.833 bits per heavy atom. The van der Waals surface area contributed by atoms with Crippen LogP contribution in [-0.4, -0.2) is 6.10 Å². The van der Waals surface area contributed by atoms with E-state index in [1.807, 2.05) is 6.26 Å². The predicted octanol–water partition coefficient (Wildman–Crippen LogP) is 7.65. The van der Waals surface area contributed by atoms with Gasteiger partial charge in [0.1, 0.15) is 0 Å². The van der Waals surface area contributed by atoms with Crippen molar-refractivity contribution >= 4 is 0 Å². The van der Waals surface area contributed by atoms with Gasteiger partial charge in [0.25, 0.3) is 0 Å². The number of rotatable bonds is 10. The molecule has 2 atom stereocenters. The molecule has 0 aliphatic heterocycles. The highest BCUT2D eigenvalue weighted by molar-refractivity contribution is 4.84. The molecule has 1 heteroatoms. The summed E-state index contributed by atoms with van der Waals surface area (Å²) in [6, 6.07) is 0. The Kier molecular flexibility index (Phi) is 9.92. The molecule has 0 aromatic carbocycles. The Balaban J connectivity index is 1.64. The third-order valence-corrected chi connectivity index (χ3v) is 6.53. The van der Waals surface area contributed by atoms with E-state index in [4.69, 9.17) is 4.74 Å². The van der Waals surface area contributed by atoms with E-state index in [-0.39, 0.29) is 0 Å². The summed E-state index contributed by atoms with van der Waals surface area (Å²) in [4.78, 5) is 0. The van der Waals surface area contributed by atoms with Crippen LogP contribution < -0.4 is 0 Å². The monoisotopic (exact) mass is 334 g/mol. The Labute approximate surface area is 151 Å². The number of unbranched alkanes of at least 4 members (excludes halogenated alkanes) is 4. The maximum Gasteiger partial charge on any atom is 0.0981 e. The van der Waals surface area contributed by atoms with Crippen molar-refractivity contribution in [2.45, 2.75) is 116 Å². The van der Waals surface area contributed by atoms with Crippen LogP contribution in [0.15, 0.2) is 12.3 Å². The zero-order valence-corrected chi connectivity index (χ0v) is 16.5. The van der Waals surface area contributed by atoms with E-state index in [0.717, 1.165) is 17.8 Å². The first-order chi connectivity index (χ1) is 11.8. The molecule has 24 heavy (non-hydrogen) atoms. The normalized spacial score (nSPS) is 31.4. The van der Waals surface area contributed by atoms with Gasteiger partial charge >= 0.3 is 0 Å². The fraction of sp³-hybridized carbons (Fsp3) is 0.913. The lowest BCUT2D eigenvalue weighted by molar-refractivity contribution is 0.0510. The van der Waals surface area contributed by atoms with Crippen molar-refractivity contribution < 1.29 is 4.74 Å². The van der Waals surface area contributed by atoms with Crippen molar-refractivity contribution in [1.29, 1.82) is 0 Å². The number of allylic oxidation sites excluding steroid dienone is 1. The lowest BCUT2D eigenvalue weighted by Crippen LogP contribution is -2.29. The van der Waals surface area contributed by atoms with E-state index in [1.165, 1.54) is 96.3 Å². The van der Waals surface area contributed by atoms with E-state index in [9.17, 15) is 0 Å². The fourth-order valence-corrected chi connectivity index (χ4v) is 4.92. The molecule has 2 fully saturated rings. The van der Waals surface area contributed by atoms with E-state index < -0.39 is 0 Å². The van der Waals surface area contributed by atoms with E-state index >= 15 is 0 Å². The molecule has 0 bridgehead atoms. The molecule has 2 aliphatic rings. The van der Waals surface area contributed by atoms with Gasteiger partial charge in [-0.2, -0.15) is 0 Å². The quantitative estimate of drug-likeness (QED) is 0.294. The zero-order valence-electron chi connectivity index (χ0n) is 16.5. The summed E-state index contributed by atoms with van der Waals surface area (Å²) in [6.07, 6.45) is 25.7. The first-order valence-corrected chi connectivity index (χ1v) is 11.1. The zero-order chi connectivity index (χ0) is 17.0. The van der Waals surface area contributed by atoms with Crippen LogP contribution in [0.4, 0.5) is 0 Å². The van der Waals surface area contributed by atoms with Crippen LogP contribution in [-0.2, 0) is 4.74 Å². The highest BCUT2D eigenvalue weighted by Crippen LogP contribution is 2.41. The third kappa shape index (κ3) is 7.19. The number of ether oxygens (including phenoxy) is 1. The van der Waals surface area contributed by atoms with Crippen molar-refractivity contribution in [2.24, 2.45) is 17.8 Å². The Bertz CT molecular complexity index is 327. The van der Waals surface area contributed by atoms with E-state index in [0.29, 0.717) is 6.10 Å². The topological polar surface area (TPSA) is 9.23 Å². The van der Waals surface area contributed by atoms with Gasteiger partial charge in [-0.15, -0.1) is 0 Å². The molecule has 2 aliphatic carbocycles. The molecular formula is C23H42O. The van der Waals surface area contributed by atoms with Crippen LogP contribution in [0.2, 0.25) is 0 Å². The molecule has 0 unspecified atom stereocenters. The molecular weight excluding hydrogens is 292 g/mol. The molecule has 0 N–H and O–H groups in total. The minimum atomic E-state index is 0.504. The smallest absolute Gasteiger partial charge is 0.0981 e.